The fourth-order valence-corrected chi connectivity index (χ4v) is 1.89. The smallest absolute Gasteiger partial charge is 0.373 e. The van der Waals surface area contributed by atoms with E-state index < -0.39 is 5.97 Å². The van der Waals surface area contributed by atoms with Gasteiger partial charge in [0.1, 0.15) is 0 Å². The Balaban J connectivity index is 2.97. The van der Waals surface area contributed by atoms with Crippen LogP contribution in [-0.4, -0.2) is 20.2 Å². The summed E-state index contributed by atoms with van der Waals surface area (Å²) >= 11 is 0. The van der Waals surface area contributed by atoms with Gasteiger partial charge < -0.3 is 9.47 Å². The summed E-state index contributed by atoms with van der Waals surface area (Å²) in [7, 11) is 2.79. The van der Waals surface area contributed by atoms with Crippen molar-refractivity contribution in [3.05, 3.63) is 52.8 Å². The van der Waals surface area contributed by atoms with Gasteiger partial charge in [-0.05, 0) is 35.1 Å². The van der Waals surface area contributed by atoms with E-state index in [0.717, 1.165) is 11.1 Å². The summed E-state index contributed by atoms with van der Waals surface area (Å²) in [4.78, 5) is 11.4. The van der Waals surface area contributed by atoms with E-state index in [-0.39, 0.29) is 11.2 Å². The molecule has 0 aliphatic heterocycles. The lowest BCUT2D eigenvalue weighted by Gasteiger charge is -2.18. The van der Waals surface area contributed by atoms with Crippen molar-refractivity contribution in [2.24, 2.45) is 0 Å². The standard InChI is InChI=1S/C18H24O3/c1-13(12-16(20-5)17(19)21-6)11-14-7-9-15(10-8-14)18(2,3)4/h7-12H,1-6H3/b13-11+,16-12-. The third kappa shape index (κ3) is 5.10. The second kappa shape index (κ2) is 7.11. The highest BCUT2D eigenvalue weighted by atomic mass is 16.6. The maximum Gasteiger partial charge on any atom is 0.373 e. The predicted molar refractivity (Wildman–Crippen MR) is 85.9 cm³/mol. The zero-order valence-corrected chi connectivity index (χ0v) is 13.7. The van der Waals surface area contributed by atoms with E-state index in [2.05, 4.69) is 49.8 Å². The van der Waals surface area contributed by atoms with Crippen LogP contribution in [0.5, 0.6) is 0 Å². The highest BCUT2D eigenvalue weighted by Crippen LogP contribution is 2.23. The lowest BCUT2D eigenvalue weighted by atomic mass is 9.86. The lowest BCUT2D eigenvalue weighted by molar-refractivity contribution is -0.139. The van der Waals surface area contributed by atoms with E-state index >= 15 is 0 Å². The maximum absolute atomic E-state index is 11.4. The molecular formula is C18H24O3. The van der Waals surface area contributed by atoms with Gasteiger partial charge in [-0.3, -0.25) is 0 Å². The number of hydrogen-bond donors (Lipinski definition) is 0. The van der Waals surface area contributed by atoms with Crippen molar-refractivity contribution in [1.82, 2.24) is 0 Å². The van der Waals surface area contributed by atoms with Crippen LogP contribution < -0.4 is 0 Å². The molecule has 3 heteroatoms. The van der Waals surface area contributed by atoms with Crippen molar-refractivity contribution in [2.75, 3.05) is 14.2 Å². The van der Waals surface area contributed by atoms with Crippen molar-refractivity contribution in [3.8, 4) is 0 Å². The van der Waals surface area contributed by atoms with Crippen molar-refractivity contribution in [2.45, 2.75) is 33.1 Å². The minimum Gasteiger partial charge on any atom is -0.490 e. The molecule has 0 bridgehead atoms. The van der Waals surface area contributed by atoms with Crippen molar-refractivity contribution < 1.29 is 14.3 Å². The molecule has 0 atom stereocenters. The molecule has 3 nitrogen and oxygen atoms in total. The zero-order valence-electron chi connectivity index (χ0n) is 13.7. The van der Waals surface area contributed by atoms with Gasteiger partial charge in [-0.15, -0.1) is 0 Å². The minimum absolute atomic E-state index is 0.144. The molecule has 0 aliphatic rings. The number of ether oxygens (including phenoxy) is 2. The van der Waals surface area contributed by atoms with E-state index in [9.17, 15) is 4.79 Å². The Bertz CT molecular complexity index is 543. The maximum atomic E-state index is 11.4. The van der Waals surface area contributed by atoms with E-state index in [1.54, 1.807) is 6.08 Å². The molecule has 21 heavy (non-hydrogen) atoms. The van der Waals surface area contributed by atoms with Gasteiger partial charge in [-0.25, -0.2) is 4.79 Å². The highest BCUT2D eigenvalue weighted by Gasteiger charge is 2.12. The SMILES string of the molecule is COC(=O)/C(=C/C(C)=C/c1ccc(C(C)(C)C)cc1)OC. The minimum atomic E-state index is -0.478. The largest absolute Gasteiger partial charge is 0.490 e. The van der Waals surface area contributed by atoms with Crippen molar-refractivity contribution >= 4 is 12.0 Å². The summed E-state index contributed by atoms with van der Waals surface area (Å²) in [6.45, 7) is 8.48. The van der Waals surface area contributed by atoms with E-state index in [4.69, 9.17) is 4.74 Å². The Hall–Kier alpha value is -2.03. The Labute approximate surface area is 127 Å². The number of benzene rings is 1. The summed E-state index contributed by atoms with van der Waals surface area (Å²) in [6, 6.07) is 8.39. The predicted octanol–water partition coefficient (Wildman–Crippen LogP) is 4.09. The van der Waals surface area contributed by atoms with Gasteiger partial charge in [-0.1, -0.05) is 51.1 Å². The molecule has 0 saturated carbocycles. The Morgan fingerprint density at radius 2 is 1.62 bits per heavy atom. The number of allylic oxidation sites excluding steroid dienone is 2. The zero-order chi connectivity index (χ0) is 16.0. The van der Waals surface area contributed by atoms with Gasteiger partial charge >= 0.3 is 5.97 Å². The van der Waals surface area contributed by atoms with Gasteiger partial charge in [0, 0.05) is 0 Å². The van der Waals surface area contributed by atoms with Crippen LogP contribution in [0.15, 0.2) is 41.7 Å². The first-order valence-corrected chi connectivity index (χ1v) is 6.90. The van der Waals surface area contributed by atoms with Gasteiger partial charge in [0.05, 0.1) is 14.2 Å². The summed E-state index contributed by atoms with van der Waals surface area (Å²) in [5, 5.41) is 0. The highest BCUT2D eigenvalue weighted by molar-refractivity contribution is 5.87. The molecule has 0 fully saturated rings. The molecule has 1 aromatic carbocycles. The van der Waals surface area contributed by atoms with Crippen LogP contribution in [-0.2, 0) is 19.7 Å². The molecule has 0 radical (unpaired) electrons. The molecule has 0 aliphatic carbocycles. The lowest BCUT2D eigenvalue weighted by Crippen LogP contribution is -2.10. The molecule has 0 N–H and O–H groups in total. The van der Waals surface area contributed by atoms with Gasteiger partial charge in [0.2, 0.25) is 5.76 Å². The molecule has 0 heterocycles. The molecule has 1 aromatic rings. The fraction of sp³-hybridized carbons (Fsp3) is 0.389. The average Bonchev–Trinajstić information content (AvgIpc) is 2.43. The van der Waals surface area contributed by atoms with Crippen LogP contribution in [0.2, 0.25) is 0 Å². The Morgan fingerprint density at radius 3 is 2.05 bits per heavy atom. The van der Waals surface area contributed by atoms with Crippen LogP contribution in [0, 0.1) is 0 Å². The molecule has 0 spiro atoms. The van der Waals surface area contributed by atoms with E-state index in [1.165, 1.54) is 19.8 Å². The monoisotopic (exact) mass is 288 g/mol. The first-order chi connectivity index (χ1) is 9.77. The summed E-state index contributed by atoms with van der Waals surface area (Å²) in [6.07, 6.45) is 3.66. The number of methoxy groups -OCH3 is 2. The molecule has 114 valence electrons. The van der Waals surface area contributed by atoms with Crippen LogP contribution in [0.3, 0.4) is 0 Å². The number of esters is 1. The second-order valence-electron chi connectivity index (χ2n) is 5.96. The molecule has 0 unspecified atom stereocenters. The number of carbonyl (C=O) groups is 1. The number of hydrogen-bond acceptors (Lipinski definition) is 3. The van der Waals surface area contributed by atoms with Crippen molar-refractivity contribution in [1.29, 1.82) is 0 Å². The number of carbonyl (C=O) groups excluding carboxylic acids is 1. The Kier molecular flexibility index (Phi) is 5.77. The Morgan fingerprint density at radius 1 is 1.05 bits per heavy atom. The second-order valence-corrected chi connectivity index (χ2v) is 5.96. The quantitative estimate of drug-likeness (QED) is 0.362. The molecular weight excluding hydrogens is 264 g/mol. The van der Waals surface area contributed by atoms with Gasteiger partial charge in [-0.2, -0.15) is 0 Å². The summed E-state index contributed by atoms with van der Waals surface area (Å²) < 4.78 is 9.67. The first kappa shape index (κ1) is 17.0. The van der Waals surface area contributed by atoms with Crippen LogP contribution in [0.1, 0.15) is 38.8 Å². The van der Waals surface area contributed by atoms with Crippen molar-refractivity contribution in [3.63, 3.8) is 0 Å². The fourth-order valence-electron chi connectivity index (χ4n) is 1.89. The molecule has 0 amide bonds. The van der Waals surface area contributed by atoms with Gasteiger partial charge in [0.25, 0.3) is 0 Å². The van der Waals surface area contributed by atoms with Crippen LogP contribution in [0.25, 0.3) is 6.08 Å². The van der Waals surface area contributed by atoms with Crippen LogP contribution >= 0.6 is 0 Å². The molecule has 1 rings (SSSR count). The van der Waals surface area contributed by atoms with E-state index in [1.807, 2.05) is 13.0 Å². The summed E-state index contributed by atoms with van der Waals surface area (Å²) in [5.74, 6) is -0.286. The van der Waals surface area contributed by atoms with E-state index in [0.29, 0.717) is 0 Å². The average molecular weight is 288 g/mol. The number of rotatable bonds is 4. The third-order valence-electron chi connectivity index (χ3n) is 3.14. The third-order valence-corrected chi connectivity index (χ3v) is 3.14. The normalized spacial score (nSPS) is 13.0. The van der Waals surface area contributed by atoms with Crippen LogP contribution in [0.4, 0.5) is 0 Å². The topological polar surface area (TPSA) is 35.5 Å². The molecule has 0 aromatic heterocycles. The summed E-state index contributed by atoms with van der Waals surface area (Å²) in [5.41, 5.74) is 3.43. The van der Waals surface area contributed by atoms with Gasteiger partial charge in [0.15, 0.2) is 0 Å². The first-order valence-electron chi connectivity index (χ1n) is 6.90. The molecule has 0 saturated heterocycles.